The van der Waals surface area contributed by atoms with Gasteiger partial charge >= 0.3 is 0 Å². The average molecular weight is 189 g/mol. The molecule has 1 heterocycles. The van der Waals surface area contributed by atoms with Gasteiger partial charge in [-0.2, -0.15) is 0 Å². The summed E-state index contributed by atoms with van der Waals surface area (Å²) >= 11 is 0. The fourth-order valence-electron chi connectivity index (χ4n) is 2.03. The van der Waals surface area contributed by atoms with Crippen molar-refractivity contribution in [3.8, 4) is 0 Å². The fourth-order valence-corrected chi connectivity index (χ4v) is 2.03. The van der Waals surface area contributed by atoms with Gasteiger partial charge in [-0.1, -0.05) is 0 Å². The zero-order valence-corrected chi connectivity index (χ0v) is 7.35. The summed E-state index contributed by atoms with van der Waals surface area (Å²) in [7, 11) is 0. The molecular weight excluding hydrogens is 176 g/mol. The SMILES string of the molecule is NC1(C2=COCCC2)CC(F)(F)C1. The molecule has 2 aliphatic rings. The van der Waals surface area contributed by atoms with Crippen LogP contribution in [0, 0.1) is 0 Å². The number of rotatable bonds is 1. The number of nitrogens with two attached hydrogens (primary N) is 1. The molecule has 0 amide bonds. The normalized spacial score (nSPS) is 29.9. The van der Waals surface area contributed by atoms with Crippen molar-refractivity contribution in [3.05, 3.63) is 11.8 Å². The lowest BCUT2D eigenvalue weighted by atomic mass is 9.68. The molecule has 1 aliphatic heterocycles. The lowest BCUT2D eigenvalue weighted by molar-refractivity contribution is -0.112. The number of hydrogen-bond acceptors (Lipinski definition) is 2. The van der Waals surface area contributed by atoms with Gasteiger partial charge in [-0.25, -0.2) is 8.78 Å². The van der Waals surface area contributed by atoms with E-state index in [1.165, 1.54) is 0 Å². The molecule has 1 saturated carbocycles. The molecule has 0 spiro atoms. The van der Waals surface area contributed by atoms with Gasteiger partial charge in [0.05, 0.1) is 18.4 Å². The van der Waals surface area contributed by atoms with Gasteiger partial charge in [0.15, 0.2) is 0 Å². The molecule has 1 fully saturated rings. The van der Waals surface area contributed by atoms with Crippen LogP contribution < -0.4 is 5.73 Å². The molecule has 2 N–H and O–H groups in total. The van der Waals surface area contributed by atoms with E-state index in [0.717, 1.165) is 18.4 Å². The highest BCUT2D eigenvalue weighted by Gasteiger charge is 2.56. The predicted molar refractivity (Wildman–Crippen MR) is 44.4 cm³/mol. The summed E-state index contributed by atoms with van der Waals surface area (Å²) in [6.07, 6.45) is 2.80. The molecule has 2 nitrogen and oxygen atoms in total. The highest BCUT2D eigenvalue weighted by Crippen LogP contribution is 2.49. The van der Waals surface area contributed by atoms with Crippen molar-refractivity contribution in [3.63, 3.8) is 0 Å². The molecule has 0 aromatic heterocycles. The predicted octanol–water partition coefficient (Wildman–Crippen LogP) is 1.81. The summed E-state index contributed by atoms with van der Waals surface area (Å²) in [6.45, 7) is 0.677. The Morgan fingerprint density at radius 3 is 2.54 bits per heavy atom. The van der Waals surface area contributed by atoms with E-state index in [2.05, 4.69) is 0 Å². The Morgan fingerprint density at radius 1 is 1.38 bits per heavy atom. The van der Waals surface area contributed by atoms with E-state index in [1.807, 2.05) is 0 Å². The van der Waals surface area contributed by atoms with E-state index in [9.17, 15) is 8.78 Å². The molecule has 2 rings (SSSR count). The maximum absolute atomic E-state index is 12.6. The van der Waals surface area contributed by atoms with Gasteiger partial charge in [0.2, 0.25) is 0 Å². The Kier molecular flexibility index (Phi) is 1.84. The van der Waals surface area contributed by atoms with Crippen molar-refractivity contribution in [2.75, 3.05) is 6.61 Å². The van der Waals surface area contributed by atoms with Crippen LogP contribution in [0.25, 0.3) is 0 Å². The van der Waals surface area contributed by atoms with E-state index < -0.39 is 11.5 Å². The first kappa shape index (κ1) is 8.94. The Labute approximate surface area is 75.7 Å². The molecule has 0 aromatic carbocycles. The van der Waals surface area contributed by atoms with Gasteiger partial charge in [-0.05, 0) is 18.4 Å². The van der Waals surface area contributed by atoms with Gasteiger partial charge in [0.1, 0.15) is 0 Å². The van der Waals surface area contributed by atoms with Crippen LogP contribution in [0.5, 0.6) is 0 Å². The van der Waals surface area contributed by atoms with Gasteiger partial charge in [-0.3, -0.25) is 0 Å². The van der Waals surface area contributed by atoms with Crippen LogP contribution in [-0.2, 0) is 4.74 Å². The summed E-state index contributed by atoms with van der Waals surface area (Å²) in [5.41, 5.74) is 5.89. The van der Waals surface area contributed by atoms with Crippen LogP contribution in [0.3, 0.4) is 0 Å². The Hall–Kier alpha value is -0.640. The van der Waals surface area contributed by atoms with Gasteiger partial charge in [0, 0.05) is 12.8 Å². The molecule has 4 heteroatoms. The largest absolute Gasteiger partial charge is 0.501 e. The minimum atomic E-state index is -2.56. The number of halogens is 2. The Bertz CT molecular complexity index is 242. The van der Waals surface area contributed by atoms with Crippen molar-refractivity contribution >= 4 is 0 Å². The summed E-state index contributed by atoms with van der Waals surface area (Å²) < 4.78 is 30.4. The number of ether oxygens (including phenoxy) is 1. The molecule has 0 saturated heterocycles. The fraction of sp³-hybridized carbons (Fsp3) is 0.778. The molecular formula is C9H13F2NO. The average Bonchev–Trinajstić information content (AvgIpc) is 2.02. The van der Waals surface area contributed by atoms with Crippen LogP contribution in [0.15, 0.2) is 11.8 Å². The van der Waals surface area contributed by atoms with Gasteiger partial charge in [0.25, 0.3) is 5.92 Å². The van der Waals surface area contributed by atoms with Crippen LogP contribution in [0.2, 0.25) is 0 Å². The molecule has 0 atom stereocenters. The third-order valence-corrected chi connectivity index (χ3v) is 2.72. The first-order valence-corrected chi connectivity index (χ1v) is 4.50. The summed E-state index contributed by atoms with van der Waals surface area (Å²) in [5, 5.41) is 0. The lowest BCUT2D eigenvalue weighted by Crippen LogP contribution is -2.59. The summed E-state index contributed by atoms with van der Waals surface area (Å²) in [4.78, 5) is 0. The molecule has 74 valence electrons. The Morgan fingerprint density at radius 2 is 2.08 bits per heavy atom. The van der Waals surface area contributed by atoms with Crippen molar-refractivity contribution in [1.82, 2.24) is 0 Å². The van der Waals surface area contributed by atoms with Gasteiger partial charge in [-0.15, -0.1) is 0 Å². The first-order chi connectivity index (χ1) is 6.02. The molecule has 0 unspecified atom stereocenters. The first-order valence-electron chi connectivity index (χ1n) is 4.50. The van der Waals surface area contributed by atoms with E-state index in [0.29, 0.717) is 6.61 Å². The zero-order chi connectivity index (χ0) is 9.53. The minimum absolute atomic E-state index is 0.227. The smallest absolute Gasteiger partial charge is 0.252 e. The van der Waals surface area contributed by atoms with Crippen molar-refractivity contribution in [2.45, 2.75) is 37.1 Å². The van der Waals surface area contributed by atoms with Crippen molar-refractivity contribution in [2.24, 2.45) is 5.73 Å². The number of alkyl halides is 2. The molecule has 1 aliphatic carbocycles. The third-order valence-electron chi connectivity index (χ3n) is 2.72. The van der Waals surface area contributed by atoms with E-state index in [4.69, 9.17) is 10.5 Å². The van der Waals surface area contributed by atoms with Crippen LogP contribution >= 0.6 is 0 Å². The van der Waals surface area contributed by atoms with E-state index in [-0.39, 0.29) is 12.8 Å². The van der Waals surface area contributed by atoms with E-state index >= 15 is 0 Å². The molecule has 13 heavy (non-hydrogen) atoms. The maximum atomic E-state index is 12.6. The van der Waals surface area contributed by atoms with Crippen LogP contribution in [0.1, 0.15) is 25.7 Å². The second-order valence-electron chi connectivity index (χ2n) is 3.98. The molecule has 0 radical (unpaired) electrons. The second kappa shape index (κ2) is 2.67. The molecule has 0 bridgehead atoms. The van der Waals surface area contributed by atoms with Crippen molar-refractivity contribution in [1.29, 1.82) is 0 Å². The molecule has 0 aromatic rings. The zero-order valence-electron chi connectivity index (χ0n) is 7.35. The summed E-state index contributed by atoms with van der Waals surface area (Å²) in [5.74, 6) is -2.56. The monoisotopic (exact) mass is 189 g/mol. The van der Waals surface area contributed by atoms with Crippen LogP contribution in [-0.4, -0.2) is 18.1 Å². The topological polar surface area (TPSA) is 35.2 Å². The highest BCUT2D eigenvalue weighted by atomic mass is 19.3. The minimum Gasteiger partial charge on any atom is -0.501 e. The highest BCUT2D eigenvalue weighted by molar-refractivity contribution is 5.26. The maximum Gasteiger partial charge on any atom is 0.252 e. The quantitative estimate of drug-likeness (QED) is 0.682. The Balaban J connectivity index is 2.05. The van der Waals surface area contributed by atoms with Gasteiger partial charge < -0.3 is 10.5 Å². The standard InChI is InChI=1S/C9H13F2NO/c10-9(11)5-8(12,6-9)7-2-1-3-13-4-7/h4H,1-3,5-6,12H2. The second-order valence-corrected chi connectivity index (χ2v) is 3.98. The lowest BCUT2D eigenvalue weighted by Gasteiger charge is -2.46. The van der Waals surface area contributed by atoms with Crippen molar-refractivity contribution < 1.29 is 13.5 Å². The van der Waals surface area contributed by atoms with E-state index in [1.54, 1.807) is 6.26 Å². The van der Waals surface area contributed by atoms with Crippen LogP contribution in [0.4, 0.5) is 8.78 Å². The third kappa shape index (κ3) is 1.55. The summed E-state index contributed by atoms with van der Waals surface area (Å²) in [6, 6.07) is 0. The number of hydrogen-bond donors (Lipinski definition) is 1.